The lowest BCUT2D eigenvalue weighted by Crippen LogP contribution is -2.08. The third kappa shape index (κ3) is 5.37. The van der Waals surface area contributed by atoms with Crippen molar-refractivity contribution in [3.05, 3.63) is 17.5 Å². The van der Waals surface area contributed by atoms with Gasteiger partial charge in [0.2, 0.25) is 0 Å². The number of ketones is 2. The van der Waals surface area contributed by atoms with E-state index < -0.39 is 0 Å². The van der Waals surface area contributed by atoms with Crippen LogP contribution in [0.3, 0.4) is 0 Å². The maximum absolute atomic E-state index is 12.0. The molecule has 0 radical (unpaired) electrons. The van der Waals surface area contributed by atoms with Crippen molar-refractivity contribution in [1.82, 2.24) is 9.78 Å². The number of hydrogen-bond acceptors (Lipinski definition) is 3. The molecule has 0 fully saturated rings. The van der Waals surface area contributed by atoms with Crippen LogP contribution in [-0.4, -0.2) is 21.3 Å². The summed E-state index contributed by atoms with van der Waals surface area (Å²) in [6, 6.07) is 0. The van der Waals surface area contributed by atoms with Crippen LogP contribution in [0.2, 0.25) is 0 Å². The van der Waals surface area contributed by atoms with Gasteiger partial charge in [0, 0.05) is 19.7 Å². The third-order valence-corrected chi connectivity index (χ3v) is 3.23. The molecule has 4 nitrogen and oxygen atoms in total. The third-order valence-electron chi connectivity index (χ3n) is 3.23. The first-order valence-corrected chi connectivity index (χ1v) is 7.09. The maximum Gasteiger partial charge on any atom is 0.173 e. The van der Waals surface area contributed by atoms with E-state index in [1.54, 1.807) is 24.9 Å². The molecule has 1 heterocycles. The van der Waals surface area contributed by atoms with Crippen molar-refractivity contribution in [3.63, 3.8) is 0 Å². The summed E-state index contributed by atoms with van der Waals surface area (Å²) in [5.74, 6) is -0.0612. The van der Waals surface area contributed by atoms with Gasteiger partial charge in [0.05, 0.1) is 17.7 Å². The number of rotatable bonds is 9. The van der Waals surface area contributed by atoms with E-state index in [0.717, 1.165) is 12.8 Å². The van der Waals surface area contributed by atoms with Gasteiger partial charge in [-0.1, -0.05) is 32.6 Å². The Morgan fingerprint density at radius 2 is 1.89 bits per heavy atom. The molecular weight excluding hydrogens is 240 g/mol. The van der Waals surface area contributed by atoms with Crippen LogP contribution in [0.5, 0.6) is 0 Å². The molecule has 0 aliphatic carbocycles. The number of aryl methyl sites for hydroxylation is 2. The second-order valence-electron chi connectivity index (χ2n) is 5.10. The molecule has 1 rings (SSSR count). The first-order chi connectivity index (χ1) is 9.04. The Hall–Kier alpha value is -1.45. The zero-order valence-corrected chi connectivity index (χ0v) is 12.2. The monoisotopic (exact) mass is 264 g/mol. The van der Waals surface area contributed by atoms with Crippen LogP contribution in [0.25, 0.3) is 0 Å². The van der Waals surface area contributed by atoms with Crippen LogP contribution in [-0.2, 0) is 11.8 Å². The number of aromatic nitrogens is 2. The highest BCUT2D eigenvalue weighted by Crippen LogP contribution is 2.11. The number of Topliss-reactive ketones (excluding diaryl/α,β-unsaturated/α-hetero) is 2. The molecule has 0 spiro atoms. The second kappa shape index (κ2) is 7.87. The van der Waals surface area contributed by atoms with Gasteiger partial charge in [-0.3, -0.25) is 14.3 Å². The van der Waals surface area contributed by atoms with E-state index in [1.165, 1.54) is 19.3 Å². The van der Waals surface area contributed by atoms with Crippen molar-refractivity contribution in [3.8, 4) is 0 Å². The average Bonchev–Trinajstić information content (AvgIpc) is 2.68. The molecule has 1 aromatic rings. The van der Waals surface area contributed by atoms with E-state index in [4.69, 9.17) is 0 Å². The summed E-state index contributed by atoms with van der Waals surface area (Å²) in [6.07, 6.45) is 7.81. The minimum Gasteiger partial charge on any atom is -0.299 e. The van der Waals surface area contributed by atoms with E-state index in [2.05, 4.69) is 12.0 Å². The molecule has 0 N–H and O–H groups in total. The Labute approximate surface area is 115 Å². The summed E-state index contributed by atoms with van der Waals surface area (Å²) in [7, 11) is 1.78. The lowest BCUT2D eigenvalue weighted by molar-refractivity contribution is -0.118. The standard InChI is InChI=1S/C15H24N2O2/c1-4-5-6-7-8-9-13(18)10-15(19)14-11-17(3)16-12(14)2/h11H,4-10H2,1-3H3. The minimum absolute atomic E-state index is 0.0142. The lowest BCUT2D eigenvalue weighted by Gasteiger charge is -2.00. The molecule has 19 heavy (non-hydrogen) atoms. The normalized spacial score (nSPS) is 10.7. The van der Waals surface area contributed by atoms with Crippen LogP contribution in [0.15, 0.2) is 6.20 Å². The molecule has 0 unspecified atom stereocenters. The van der Waals surface area contributed by atoms with Gasteiger partial charge in [-0.15, -0.1) is 0 Å². The number of unbranched alkanes of at least 4 members (excludes halogenated alkanes) is 4. The molecule has 0 saturated carbocycles. The van der Waals surface area contributed by atoms with E-state index >= 15 is 0 Å². The molecule has 106 valence electrons. The fourth-order valence-electron chi connectivity index (χ4n) is 2.16. The van der Waals surface area contributed by atoms with Crippen LogP contribution < -0.4 is 0 Å². The van der Waals surface area contributed by atoms with Crippen molar-refractivity contribution < 1.29 is 9.59 Å². The lowest BCUT2D eigenvalue weighted by atomic mass is 10.0. The zero-order chi connectivity index (χ0) is 14.3. The Morgan fingerprint density at radius 3 is 2.47 bits per heavy atom. The van der Waals surface area contributed by atoms with Crippen molar-refractivity contribution in [2.45, 2.75) is 58.8 Å². The summed E-state index contributed by atoms with van der Waals surface area (Å²) < 4.78 is 1.61. The van der Waals surface area contributed by atoms with Gasteiger partial charge in [-0.2, -0.15) is 5.10 Å². The zero-order valence-electron chi connectivity index (χ0n) is 12.2. The van der Waals surface area contributed by atoms with Gasteiger partial charge >= 0.3 is 0 Å². The molecule has 4 heteroatoms. The van der Waals surface area contributed by atoms with Gasteiger partial charge < -0.3 is 0 Å². The van der Waals surface area contributed by atoms with Crippen LogP contribution >= 0.6 is 0 Å². The summed E-state index contributed by atoms with van der Waals surface area (Å²) in [6.45, 7) is 3.96. The fourth-order valence-corrected chi connectivity index (χ4v) is 2.16. The Kier molecular flexibility index (Phi) is 6.46. The Balaban J connectivity index is 2.32. The maximum atomic E-state index is 12.0. The largest absolute Gasteiger partial charge is 0.299 e. The predicted molar refractivity (Wildman–Crippen MR) is 75.3 cm³/mol. The predicted octanol–water partition coefficient (Wildman–Crippen LogP) is 3.23. The molecule has 0 aromatic carbocycles. The molecule has 0 aliphatic heterocycles. The molecular formula is C15H24N2O2. The number of hydrogen-bond donors (Lipinski definition) is 0. The van der Waals surface area contributed by atoms with Gasteiger partial charge in [-0.25, -0.2) is 0 Å². The quantitative estimate of drug-likeness (QED) is 0.391. The van der Waals surface area contributed by atoms with Crippen LogP contribution in [0.1, 0.15) is 67.9 Å². The van der Waals surface area contributed by atoms with Crippen molar-refractivity contribution >= 4 is 11.6 Å². The first kappa shape index (κ1) is 15.6. The topological polar surface area (TPSA) is 52.0 Å². The SMILES string of the molecule is CCCCCCCC(=O)CC(=O)c1cn(C)nc1C. The van der Waals surface area contributed by atoms with E-state index in [0.29, 0.717) is 17.7 Å². The van der Waals surface area contributed by atoms with Crippen molar-refractivity contribution in [1.29, 1.82) is 0 Å². The van der Waals surface area contributed by atoms with Gasteiger partial charge in [0.15, 0.2) is 5.78 Å². The van der Waals surface area contributed by atoms with Gasteiger partial charge in [-0.05, 0) is 13.3 Å². The highest BCUT2D eigenvalue weighted by molar-refractivity contribution is 6.08. The Bertz CT molecular complexity index is 435. The Morgan fingerprint density at radius 1 is 1.21 bits per heavy atom. The van der Waals surface area contributed by atoms with Crippen molar-refractivity contribution in [2.75, 3.05) is 0 Å². The molecule has 0 amide bonds. The number of carbonyl (C=O) groups is 2. The number of carbonyl (C=O) groups excluding carboxylic acids is 2. The summed E-state index contributed by atoms with van der Waals surface area (Å²) in [4.78, 5) is 23.7. The molecule has 0 bridgehead atoms. The summed E-state index contributed by atoms with van der Waals surface area (Å²) in [5, 5.41) is 4.12. The van der Waals surface area contributed by atoms with E-state index in [9.17, 15) is 9.59 Å². The van der Waals surface area contributed by atoms with Crippen molar-refractivity contribution in [2.24, 2.45) is 7.05 Å². The second-order valence-corrected chi connectivity index (χ2v) is 5.10. The highest BCUT2D eigenvalue weighted by atomic mass is 16.1. The fraction of sp³-hybridized carbons (Fsp3) is 0.667. The summed E-state index contributed by atoms with van der Waals surface area (Å²) in [5.41, 5.74) is 1.27. The minimum atomic E-state index is -0.107. The van der Waals surface area contributed by atoms with Crippen LogP contribution in [0, 0.1) is 6.92 Å². The first-order valence-electron chi connectivity index (χ1n) is 7.09. The highest BCUT2D eigenvalue weighted by Gasteiger charge is 2.15. The summed E-state index contributed by atoms with van der Waals surface area (Å²) >= 11 is 0. The number of nitrogens with zero attached hydrogens (tertiary/aromatic N) is 2. The van der Waals surface area contributed by atoms with Gasteiger partial charge in [0.1, 0.15) is 5.78 Å². The van der Waals surface area contributed by atoms with Crippen LogP contribution in [0.4, 0.5) is 0 Å². The molecule has 1 aromatic heterocycles. The molecule has 0 saturated heterocycles. The van der Waals surface area contributed by atoms with E-state index in [1.807, 2.05) is 0 Å². The molecule has 0 atom stereocenters. The average molecular weight is 264 g/mol. The van der Waals surface area contributed by atoms with Gasteiger partial charge in [0.25, 0.3) is 0 Å². The smallest absolute Gasteiger partial charge is 0.173 e. The molecule has 0 aliphatic rings. The van der Waals surface area contributed by atoms with E-state index in [-0.39, 0.29) is 18.0 Å².